The molecule has 0 saturated carbocycles. The summed E-state index contributed by atoms with van der Waals surface area (Å²) in [6, 6.07) is 15.8. The molecule has 25 heavy (non-hydrogen) atoms. The van der Waals surface area contributed by atoms with Gasteiger partial charge in [-0.3, -0.25) is 4.79 Å². The molecule has 0 atom stereocenters. The third kappa shape index (κ3) is 4.24. The quantitative estimate of drug-likeness (QED) is 0.839. The number of carbonyl (C=O) groups excluding carboxylic acids is 1. The molecule has 5 heteroatoms. The van der Waals surface area contributed by atoms with Gasteiger partial charge >= 0.3 is 0 Å². The molecule has 0 spiro atoms. The molecule has 0 aromatic heterocycles. The van der Waals surface area contributed by atoms with Crippen LogP contribution in [-0.4, -0.2) is 50.7 Å². The van der Waals surface area contributed by atoms with Gasteiger partial charge < -0.3 is 19.3 Å². The maximum atomic E-state index is 12.4. The molecule has 1 aliphatic heterocycles. The number of carbonyl (C=O) groups is 1. The van der Waals surface area contributed by atoms with Crippen molar-refractivity contribution in [2.45, 2.75) is 6.92 Å². The summed E-state index contributed by atoms with van der Waals surface area (Å²) >= 11 is 0. The summed E-state index contributed by atoms with van der Waals surface area (Å²) in [5.74, 6) is 1.24. The number of methoxy groups -OCH3 is 1. The Morgan fingerprint density at radius 2 is 1.72 bits per heavy atom. The van der Waals surface area contributed by atoms with Crippen molar-refractivity contribution in [3.05, 3.63) is 54.1 Å². The Morgan fingerprint density at radius 1 is 1.00 bits per heavy atom. The zero-order valence-corrected chi connectivity index (χ0v) is 14.8. The second-order valence-electron chi connectivity index (χ2n) is 6.15. The molecular weight excluding hydrogens is 316 g/mol. The van der Waals surface area contributed by atoms with E-state index in [1.54, 1.807) is 7.11 Å². The predicted octanol–water partition coefficient (Wildman–Crippen LogP) is 2.73. The Hall–Kier alpha value is -2.69. The summed E-state index contributed by atoms with van der Waals surface area (Å²) in [6.07, 6.45) is 0. The van der Waals surface area contributed by atoms with Gasteiger partial charge in [0, 0.05) is 31.9 Å². The minimum Gasteiger partial charge on any atom is -0.493 e. The summed E-state index contributed by atoms with van der Waals surface area (Å²) < 4.78 is 10.9. The predicted molar refractivity (Wildman–Crippen MR) is 98.5 cm³/mol. The lowest BCUT2D eigenvalue weighted by Gasteiger charge is -2.36. The monoisotopic (exact) mass is 340 g/mol. The molecule has 1 saturated heterocycles. The molecule has 1 fully saturated rings. The van der Waals surface area contributed by atoms with Crippen LogP contribution in [-0.2, 0) is 4.79 Å². The Labute approximate surface area is 148 Å². The van der Waals surface area contributed by atoms with Crippen molar-refractivity contribution in [1.82, 2.24) is 4.90 Å². The largest absolute Gasteiger partial charge is 0.493 e. The Balaban J connectivity index is 1.51. The first-order valence-electron chi connectivity index (χ1n) is 8.52. The molecule has 0 unspecified atom stereocenters. The minimum atomic E-state index is 0.00907. The Kier molecular flexibility index (Phi) is 5.43. The first-order chi connectivity index (χ1) is 12.2. The fraction of sp³-hybridized carbons (Fsp3) is 0.350. The molecular formula is C20H24N2O3. The number of para-hydroxylation sites is 2. The van der Waals surface area contributed by atoms with Gasteiger partial charge in [-0.05, 0) is 36.8 Å². The van der Waals surface area contributed by atoms with E-state index in [-0.39, 0.29) is 12.5 Å². The van der Waals surface area contributed by atoms with Crippen LogP contribution in [0.4, 0.5) is 5.69 Å². The number of rotatable bonds is 5. The second-order valence-corrected chi connectivity index (χ2v) is 6.15. The van der Waals surface area contributed by atoms with E-state index >= 15 is 0 Å². The van der Waals surface area contributed by atoms with Crippen LogP contribution < -0.4 is 14.4 Å². The summed E-state index contributed by atoms with van der Waals surface area (Å²) in [6.45, 7) is 5.22. The first-order valence-corrected chi connectivity index (χ1v) is 8.52. The molecule has 2 aromatic rings. The molecule has 0 radical (unpaired) electrons. The molecule has 132 valence electrons. The van der Waals surface area contributed by atoms with Crippen molar-refractivity contribution in [1.29, 1.82) is 0 Å². The number of nitrogens with zero attached hydrogens (tertiary/aromatic N) is 2. The van der Waals surface area contributed by atoms with E-state index in [4.69, 9.17) is 9.47 Å². The van der Waals surface area contributed by atoms with Crippen LogP contribution >= 0.6 is 0 Å². The van der Waals surface area contributed by atoms with Crippen molar-refractivity contribution >= 4 is 11.6 Å². The molecule has 0 aliphatic carbocycles. The maximum absolute atomic E-state index is 12.4. The van der Waals surface area contributed by atoms with Gasteiger partial charge in [-0.2, -0.15) is 0 Å². The lowest BCUT2D eigenvalue weighted by Crippen LogP contribution is -2.50. The van der Waals surface area contributed by atoms with E-state index < -0.39 is 0 Å². The van der Waals surface area contributed by atoms with Gasteiger partial charge in [0.15, 0.2) is 18.1 Å². The minimum absolute atomic E-state index is 0.00907. The number of amides is 1. The van der Waals surface area contributed by atoms with E-state index in [9.17, 15) is 4.79 Å². The van der Waals surface area contributed by atoms with Crippen LogP contribution in [0.1, 0.15) is 5.56 Å². The molecule has 3 rings (SSSR count). The number of hydrogen-bond acceptors (Lipinski definition) is 4. The number of ether oxygens (including phenoxy) is 2. The lowest BCUT2D eigenvalue weighted by molar-refractivity contribution is -0.133. The number of benzene rings is 2. The van der Waals surface area contributed by atoms with Crippen LogP contribution in [0, 0.1) is 6.92 Å². The molecule has 1 aliphatic rings. The molecule has 5 nitrogen and oxygen atoms in total. The molecule has 1 amide bonds. The van der Waals surface area contributed by atoms with E-state index in [0.29, 0.717) is 24.6 Å². The van der Waals surface area contributed by atoms with E-state index in [2.05, 4.69) is 36.1 Å². The first kappa shape index (κ1) is 17.1. The van der Waals surface area contributed by atoms with Gasteiger partial charge in [-0.1, -0.05) is 24.3 Å². The SMILES string of the molecule is COc1ccccc1OCC(=O)N1CCN(c2cccc(C)c2)CC1. The van der Waals surface area contributed by atoms with Gasteiger partial charge in [0.25, 0.3) is 5.91 Å². The van der Waals surface area contributed by atoms with Gasteiger partial charge in [0.1, 0.15) is 0 Å². The van der Waals surface area contributed by atoms with Crippen molar-refractivity contribution in [3.8, 4) is 11.5 Å². The number of anilines is 1. The van der Waals surface area contributed by atoms with Crippen LogP contribution in [0.5, 0.6) is 11.5 Å². The number of hydrogen-bond donors (Lipinski definition) is 0. The normalized spacial score (nSPS) is 14.3. The van der Waals surface area contributed by atoms with Crippen LogP contribution in [0.3, 0.4) is 0 Å². The summed E-state index contributed by atoms with van der Waals surface area (Å²) in [4.78, 5) is 16.6. The third-order valence-electron chi connectivity index (χ3n) is 4.42. The fourth-order valence-electron chi connectivity index (χ4n) is 3.01. The maximum Gasteiger partial charge on any atom is 0.260 e. The average molecular weight is 340 g/mol. The topological polar surface area (TPSA) is 42.0 Å². The van der Waals surface area contributed by atoms with Crippen molar-refractivity contribution in [2.75, 3.05) is 44.8 Å². The Bertz CT molecular complexity index is 724. The van der Waals surface area contributed by atoms with Crippen molar-refractivity contribution < 1.29 is 14.3 Å². The van der Waals surface area contributed by atoms with E-state index in [1.807, 2.05) is 29.2 Å². The van der Waals surface area contributed by atoms with E-state index in [1.165, 1.54) is 11.3 Å². The highest BCUT2D eigenvalue weighted by molar-refractivity contribution is 5.78. The number of aryl methyl sites for hydroxylation is 1. The van der Waals surface area contributed by atoms with Gasteiger partial charge in [0.05, 0.1) is 7.11 Å². The third-order valence-corrected chi connectivity index (χ3v) is 4.42. The molecule has 1 heterocycles. The summed E-state index contributed by atoms with van der Waals surface area (Å²) in [7, 11) is 1.59. The Morgan fingerprint density at radius 3 is 2.40 bits per heavy atom. The lowest BCUT2D eigenvalue weighted by atomic mass is 10.2. The fourth-order valence-corrected chi connectivity index (χ4v) is 3.01. The molecule has 2 aromatic carbocycles. The standard InChI is InChI=1S/C20H24N2O3/c1-16-6-5-7-17(14-16)21-10-12-22(13-11-21)20(23)15-25-19-9-4-3-8-18(19)24-2/h3-9,14H,10-13,15H2,1-2H3. The zero-order valence-electron chi connectivity index (χ0n) is 14.8. The molecule has 0 N–H and O–H groups in total. The molecule has 0 bridgehead atoms. The van der Waals surface area contributed by atoms with Gasteiger partial charge in [-0.15, -0.1) is 0 Å². The highest BCUT2D eigenvalue weighted by Gasteiger charge is 2.22. The van der Waals surface area contributed by atoms with Crippen LogP contribution in [0.25, 0.3) is 0 Å². The summed E-state index contributed by atoms with van der Waals surface area (Å²) in [5.41, 5.74) is 2.47. The van der Waals surface area contributed by atoms with Gasteiger partial charge in [0.2, 0.25) is 0 Å². The average Bonchev–Trinajstić information content (AvgIpc) is 2.66. The zero-order chi connectivity index (χ0) is 17.6. The van der Waals surface area contributed by atoms with E-state index in [0.717, 1.165) is 13.1 Å². The van der Waals surface area contributed by atoms with Crippen molar-refractivity contribution in [3.63, 3.8) is 0 Å². The highest BCUT2D eigenvalue weighted by Crippen LogP contribution is 2.25. The van der Waals surface area contributed by atoms with Crippen LogP contribution in [0.15, 0.2) is 48.5 Å². The summed E-state index contributed by atoms with van der Waals surface area (Å²) in [5, 5.41) is 0. The van der Waals surface area contributed by atoms with Crippen molar-refractivity contribution in [2.24, 2.45) is 0 Å². The number of piperazine rings is 1. The van der Waals surface area contributed by atoms with Crippen LogP contribution in [0.2, 0.25) is 0 Å². The second kappa shape index (κ2) is 7.92. The van der Waals surface area contributed by atoms with Gasteiger partial charge in [-0.25, -0.2) is 0 Å². The smallest absolute Gasteiger partial charge is 0.260 e. The highest BCUT2D eigenvalue weighted by atomic mass is 16.5.